The summed E-state index contributed by atoms with van der Waals surface area (Å²) >= 11 is 1.81. The second-order valence-electron chi connectivity index (χ2n) is 3.96. The topological polar surface area (TPSA) is 43.8 Å². The molecule has 4 heteroatoms. The molecule has 2 heterocycles. The van der Waals surface area contributed by atoms with Crippen LogP contribution in [-0.2, 0) is 12.8 Å². The molecule has 0 aromatic carbocycles. The van der Waals surface area contributed by atoms with Crippen molar-refractivity contribution in [2.45, 2.75) is 25.8 Å². The van der Waals surface area contributed by atoms with Gasteiger partial charge in [0.15, 0.2) is 0 Å². The fourth-order valence-electron chi connectivity index (χ4n) is 1.89. The van der Waals surface area contributed by atoms with Crippen molar-refractivity contribution >= 4 is 11.3 Å². The molecular weight excluding hydrogens is 218 g/mol. The van der Waals surface area contributed by atoms with E-state index in [1.54, 1.807) is 0 Å². The Morgan fingerprint density at radius 2 is 2.44 bits per heavy atom. The summed E-state index contributed by atoms with van der Waals surface area (Å²) in [6, 6.07) is 4.73. The molecule has 1 atom stereocenters. The Hall–Kier alpha value is -1.13. The van der Waals surface area contributed by atoms with E-state index in [2.05, 4.69) is 34.0 Å². The Kier molecular flexibility index (Phi) is 3.74. The van der Waals surface area contributed by atoms with Crippen molar-refractivity contribution < 1.29 is 0 Å². The first-order valence-electron chi connectivity index (χ1n) is 5.54. The molecular formula is C12H17N3S. The van der Waals surface area contributed by atoms with Gasteiger partial charge in [0.25, 0.3) is 0 Å². The van der Waals surface area contributed by atoms with Gasteiger partial charge in [0.2, 0.25) is 0 Å². The van der Waals surface area contributed by atoms with Gasteiger partial charge in [-0.3, -0.25) is 0 Å². The Labute approximate surface area is 99.9 Å². The Morgan fingerprint density at radius 1 is 1.56 bits per heavy atom. The van der Waals surface area contributed by atoms with Crippen molar-refractivity contribution in [3.63, 3.8) is 0 Å². The van der Waals surface area contributed by atoms with Crippen LogP contribution in [0.3, 0.4) is 0 Å². The third kappa shape index (κ3) is 2.51. The molecule has 0 spiro atoms. The maximum absolute atomic E-state index is 5.59. The van der Waals surface area contributed by atoms with E-state index in [4.69, 9.17) is 5.73 Å². The minimum absolute atomic E-state index is 0.447. The lowest BCUT2D eigenvalue weighted by atomic mass is 10.2. The van der Waals surface area contributed by atoms with Gasteiger partial charge in [-0.15, -0.1) is 11.3 Å². The average molecular weight is 235 g/mol. The zero-order valence-corrected chi connectivity index (χ0v) is 10.3. The van der Waals surface area contributed by atoms with E-state index >= 15 is 0 Å². The fourth-order valence-corrected chi connectivity index (χ4v) is 2.72. The summed E-state index contributed by atoms with van der Waals surface area (Å²) < 4.78 is 2.23. The molecule has 2 aromatic heterocycles. The highest BCUT2D eigenvalue weighted by molar-refractivity contribution is 7.09. The first-order chi connectivity index (χ1) is 7.81. The second-order valence-corrected chi connectivity index (χ2v) is 5.00. The highest BCUT2D eigenvalue weighted by Crippen LogP contribution is 2.19. The summed E-state index contributed by atoms with van der Waals surface area (Å²) in [7, 11) is 0. The molecule has 1 unspecified atom stereocenters. The van der Waals surface area contributed by atoms with Crippen LogP contribution in [0.4, 0.5) is 0 Å². The molecule has 0 radical (unpaired) electrons. The van der Waals surface area contributed by atoms with E-state index in [9.17, 15) is 0 Å². The van der Waals surface area contributed by atoms with Crippen molar-refractivity contribution in [2.75, 3.05) is 6.54 Å². The zero-order chi connectivity index (χ0) is 11.4. The lowest BCUT2D eigenvalue weighted by Crippen LogP contribution is -2.13. The van der Waals surface area contributed by atoms with Crippen molar-refractivity contribution in [1.29, 1.82) is 0 Å². The van der Waals surface area contributed by atoms with Crippen LogP contribution in [0.15, 0.2) is 30.0 Å². The predicted molar refractivity (Wildman–Crippen MR) is 67.7 cm³/mol. The van der Waals surface area contributed by atoms with Crippen LogP contribution in [0.25, 0.3) is 0 Å². The van der Waals surface area contributed by atoms with Crippen LogP contribution in [0.2, 0.25) is 0 Å². The first-order valence-corrected chi connectivity index (χ1v) is 6.42. The second kappa shape index (κ2) is 5.27. The van der Waals surface area contributed by atoms with Gasteiger partial charge >= 0.3 is 0 Å². The maximum Gasteiger partial charge on any atom is 0.0950 e. The molecule has 2 rings (SSSR count). The van der Waals surface area contributed by atoms with E-state index in [1.807, 2.05) is 23.9 Å². The third-order valence-corrected chi connectivity index (χ3v) is 3.60. The van der Waals surface area contributed by atoms with Gasteiger partial charge < -0.3 is 10.3 Å². The largest absolute Gasteiger partial charge is 0.331 e. The molecule has 0 saturated carbocycles. The molecule has 0 fully saturated rings. The molecule has 0 aliphatic carbocycles. The molecule has 2 N–H and O–H groups in total. The van der Waals surface area contributed by atoms with Crippen molar-refractivity contribution in [3.05, 3.63) is 40.6 Å². The zero-order valence-electron chi connectivity index (χ0n) is 9.47. The van der Waals surface area contributed by atoms with Crippen LogP contribution in [-0.4, -0.2) is 16.1 Å². The van der Waals surface area contributed by atoms with Gasteiger partial charge in [-0.25, -0.2) is 4.98 Å². The number of hydrogen-bond donors (Lipinski definition) is 1. The van der Waals surface area contributed by atoms with Crippen LogP contribution < -0.4 is 5.73 Å². The Balaban J connectivity index is 2.08. The first kappa shape index (κ1) is 11.4. The van der Waals surface area contributed by atoms with Gasteiger partial charge in [-0.05, 0) is 24.9 Å². The van der Waals surface area contributed by atoms with Gasteiger partial charge in [0, 0.05) is 35.7 Å². The molecule has 0 bridgehead atoms. The van der Waals surface area contributed by atoms with E-state index in [-0.39, 0.29) is 0 Å². The fraction of sp³-hybridized carbons (Fsp3) is 0.417. The molecule has 0 aliphatic rings. The summed E-state index contributed by atoms with van der Waals surface area (Å²) in [5.41, 5.74) is 6.81. The van der Waals surface area contributed by atoms with Crippen LogP contribution >= 0.6 is 11.3 Å². The van der Waals surface area contributed by atoms with Gasteiger partial charge in [0.05, 0.1) is 6.33 Å². The van der Waals surface area contributed by atoms with Crippen LogP contribution in [0.5, 0.6) is 0 Å². The number of nitrogens with zero attached hydrogens (tertiary/aromatic N) is 2. The normalized spacial score (nSPS) is 12.9. The molecule has 16 heavy (non-hydrogen) atoms. The summed E-state index contributed by atoms with van der Waals surface area (Å²) in [6.45, 7) is 2.90. The summed E-state index contributed by atoms with van der Waals surface area (Å²) in [5.74, 6) is 0. The van der Waals surface area contributed by atoms with Crippen LogP contribution in [0.1, 0.15) is 23.5 Å². The highest BCUT2D eigenvalue weighted by atomic mass is 32.1. The Morgan fingerprint density at radius 3 is 3.12 bits per heavy atom. The Bertz CT molecular complexity index is 419. The van der Waals surface area contributed by atoms with E-state index < -0.39 is 0 Å². The molecule has 0 saturated heterocycles. The standard InChI is InChI=1S/C12H17N3S/c1-10(7-12-3-2-6-16-12)15-9-14-8-11(15)4-5-13/h2-3,6,8-10H,4-5,7,13H2,1H3. The number of hydrogen-bond acceptors (Lipinski definition) is 3. The van der Waals surface area contributed by atoms with Gasteiger partial charge in [0.1, 0.15) is 0 Å². The quantitative estimate of drug-likeness (QED) is 0.864. The summed E-state index contributed by atoms with van der Waals surface area (Å²) in [6.07, 6.45) is 5.78. The maximum atomic E-state index is 5.59. The lowest BCUT2D eigenvalue weighted by molar-refractivity contribution is 0.528. The van der Waals surface area contributed by atoms with E-state index in [0.717, 1.165) is 12.8 Å². The summed E-state index contributed by atoms with van der Waals surface area (Å²) in [4.78, 5) is 5.62. The minimum Gasteiger partial charge on any atom is -0.331 e. The van der Waals surface area contributed by atoms with Crippen molar-refractivity contribution in [3.8, 4) is 0 Å². The average Bonchev–Trinajstić information content (AvgIpc) is 2.89. The number of nitrogens with two attached hydrogens (primary N) is 1. The number of rotatable bonds is 5. The molecule has 3 nitrogen and oxygen atoms in total. The minimum atomic E-state index is 0.447. The van der Waals surface area contributed by atoms with Gasteiger partial charge in [-0.2, -0.15) is 0 Å². The molecule has 0 aliphatic heterocycles. The number of aromatic nitrogens is 2. The molecule has 86 valence electrons. The van der Waals surface area contributed by atoms with E-state index in [1.165, 1.54) is 10.6 Å². The van der Waals surface area contributed by atoms with Crippen molar-refractivity contribution in [2.24, 2.45) is 5.73 Å². The predicted octanol–water partition coefficient (Wildman–Crippen LogP) is 2.25. The molecule has 0 amide bonds. The van der Waals surface area contributed by atoms with E-state index in [0.29, 0.717) is 12.6 Å². The van der Waals surface area contributed by atoms with Gasteiger partial charge in [-0.1, -0.05) is 6.07 Å². The number of thiophene rings is 1. The van der Waals surface area contributed by atoms with Crippen LogP contribution in [0, 0.1) is 0 Å². The molecule has 2 aromatic rings. The number of imidazole rings is 1. The lowest BCUT2D eigenvalue weighted by Gasteiger charge is -2.15. The third-order valence-electron chi connectivity index (χ3n) is 2.70. The van der Waals surface area contributed by atoms with Crippen molar-refractivity contribution in [1.82, 2.24) is 9.55 Å². The smallest absolute Gasteiger partial charge is 0.0950 e. The monoisotopic (exact) mass is 235 g/mol. The SMILES string of the molecule is CC(Cc1cccs1)n1cncc1CCN. The highest BCUT2D eigenvalue weighted by Gasteiger charge is 2.10. The summed E-state index contributed by atoms with van der Waals surface area (Å²) in [5, 5.41) is 2.12.